The molecular formula is C14H14BrF11. The first-order valence-electron chi connectivity index (χ1n) is 7.65. The molecule has 154 valence electrons. The van der Waals surface area contributed by atoms with Gasteiger partial charge in [0.15, 0.2) is 18.5 Å². The summed E-state index contributed by atoms with van der Waals surface area (Å²) in [5.74, 6) is -9.62. The van der Waals surface area contributed by atoms with E-state index in [1.165, 1.54) is 0 Å². The van der Waals surface area contributed by atoms with Crippen LogP contribution in [0.3, 0.4) is 0 Å². The molecule has 0 aromatic carbocycles. The van der Waals surface area contributed by atoms with Crippen molar-refractivity contribution in [2.24, 2.45) is 23.7 Å². The Kier molecular flexibility index (Phi) is 6.15. The van der Waals surface area contributed by atoms with Gasteiger partial charge in [-0.05, 0) is 18.8 Å². The third-order valence-electron chi connectivity index (χ3n) is 5.22. The molecule has 0 saturated heterocycles. The summed E-state index contributed by atoms with van der Waals surface area (Å²) >= 11 is 2.37. The molecule has 6 atom stereocenters. The molecule has 0 nitrogen and oxygen atoms in total. The minimum atomic E-state index is -5.13. The topological polar surface area (TPSA) is 0 Å². The van der Waals surface area contributed by atoms with Gasteiger partial charge >= 0.3 is 12.4 Å². The molecule has 0 N–H and O–H groups in total. The minimum absolute atomic E-state index is 1.14. The Morgan fingerprint density at radius 3 is 1.19 bits per heavy atom. The van der Waals surface area contributed by atoms with E-state index in [-0.39, 0.29) is 0 Å². The molecule has 2 rings (SSSR count). The van der Waals surface area contributed by atoms with E-state index in [0.717, 1.165) is 0 Å². The summed E-state index contributed by atoms with van der Waals surface area (Å²) in [6.07, 6.45) is -28.1. The predicted molar refractivity (Wildman–Crippen MR) is 72.5 cm³/mol. The van der Waals surface area contributed by atoms with E-state index in [1.54, 1.807) is 0 Å². The number of halogens is 12. The second kappa shape index (κ2) is 7.27. The predicted octanol–water partition coefficient (Wildman–Crippen LogP) is 5.84. The normalized spacial score (nSPS) is 48.5. The van der Waals surface area contributed by atoms with Crippen molar-refractivity contribution < 1.29 is 48.3 Å². The first-order valence-corrected chi connectivity index (χ1v) is 8.57. The van der Waals surface area contributed by atoms with Gasteiger partial charge in [0.25, 0.3) is 0 Å². The van der Waals surface area contributed by atoms with E-state index in [2.05, 4.69) is 15.9 Å². The molecule has 0 heterocycles. The number of rotatable bonds is 1. The second-order valence-electron chi connectivity index (χ2n) is 6.77. The van der Waals surface area contributed by atoms with E-state index in [0.29, 0.717) is 0 Å². The van der Waals surface area contributed by atoms with Crippen LogP contribution in [0.1, 0.15) is 12.8 Å². The zero-order valence-electron chi connectivity index (χ0n) is 12.7. The van der Waals surface area contributed by atoms with Crippen molar-refractivity contribution >= 4 is 15.9 Å². The van der Waals surface area contributed by atoms with Crippen LogP contribution >= 0.6 is 15.9 Å². The van der Waals surface area contributed by atoms with E-state index < -0.39 is 84.6 Å². The Balaban J connectivity index is 2.38. The fraction of sp³-hybridized carbons (Fsp3) is 1.00. The highest BCUT2D eigenvalue weighted by Crippen LogP contribution is 2.54. The van der Waals surface area contributed by atoms with Gasteiger partial charge in [-0.25, -0.2) is 22.0 Å². The first-order chi connectivity index (χ1) is 11.7. The average Bonchev–Trinajstić information content (AvgIpc) is 2.50. The van der Waals surface area contributed by atoms with Crippen molar-refractivity contribution in [2.45, 2.75) is 60.9 Å². The van der Waals surface area contributed by atoms with Crippen molar-refractivity contribution in [1.29, 1.82) is 0 Å². The van der Waals surface area contributed by atoms with Crippen LogP contribution in [0.25, 0.3) is 0 Å². The lowest BCUT2D eigenvalue weighted by Crippen LogP contribution is -2.58. The largest absolute Gasteiger partial charge is 0.392 e. The lowest BCUT2D eigenvalue weighted by Gasteiger charge is -2.47. The summed E-state index contributed by atoms with van der Waals surface area (Å²) < 4.78 is 147. The Bertz CT molecular complexity index is 452. The van der Waals surface area contributed by atoms with E-state index in [9.17, 15) is 48.3 Å². The fourth-order valence-corrected chi connectivity index (χ4v) is 4.91. The van der Waals surface area contributed by atoms with Crippen LogP contribution in [-0.4, -0.2) is 48.0 Å². The molecule has 26 heavy (non-hydrogen) atoms. The summed E-state index contributed by atoms with van der Waals surface area (Å²) in [6.45, 7) is 0. The Morgan fingerprint density at radius 2 is 0.885 bits per heavy atom. The molecule has 0 aromatic rings. The van der Waals surface area contributed by atoms with Gasteiger partial charge in [0.05, 0.1) is 11.8 Å². The van der Waals surface area contributed by atoms with Crippen LogP contribution in [0.15, 0.2) is 0 Å². The summed E-state index contributed by atoms with van der Waals surface area (Å²) in [6, 6.07) is 0. The zero-order chi connectivity index (χ0) is 20.2. The summed E-state index contributed by atoms with van der Waals surface area (Å²) in [7, 11) is 0. The van der Waals surface area contributed by atoms with Gasteiger partial charge in [-0.3, -0.25) is 0 Å². The highest BCUT2D eigenvalue weighted by Gasteiger charge is 2.62. The minimum Gasteiger partial charge on any atom is -0.244 e. The number of alkyl halides is 12. The third kappa shape index (κ3) is 3.94. The smallest absolute Gasteiger partial charge is 0.244 e. The SMILES string of the molecule is FC1C(F)C(F)C(C2CC(C(F)(F)F)C(Br)C(C(F)(F)F)C2)C(F)C1F. The Morgan fingerprint density at radius 1 is 0.577 bits per heavy atom. The highest BCUT2D eigenvalue weighted by atomic mass is 79.9. The monoisotopic (exact) mass is 470 g/mol. The molecular weight excluding hydrogens is 457 g/mol. The van der Waals surface area contributed by atoms with Gasteiger partial charge in [0, 0.05) is 10.7 Å². The van der Waals surface area contributed by atoms with Gasteiger partial charge in [-0.2, -0.15) is 26.3 Å². The van der Waals surface area contributed by atoms with Gasteiger partial charge in [0.2, 0.25) is 0 Å². The summed E-state index contributed by atoms with van der Waals surface area (Å²) in [5, 5.41) is 0. The average molecular weight is 471 g/mol. The van der Waals surface area contributed by atoms with E-state index in [1.807, 2.05) is 0 Å². The maximum absolute atomic E-state index is 14.0. The number of hydrogen-bond acceptors (Lipinski definition) is 0. The molecule has 0 radical (unpaired) electrons. The van der Waals surface area contributed by atoms with Crippen LogP contribution in [0.2, 0.25) is 0 Å². The maximum atomic E-state index is 14.0. The lowest BCUT2D eigenvalue weighted by atomic mass is 9.64. The molecule has 12 heteroatoms. The van der Waals surface area contributed by atoms with Crippen LogP contribution in [0, 0.1) is 23.7 Å². The van der Waals surface area contributed by atoms with E-state index >= 15 is 0 Å². The quantitative estimate of drug-likeness (QED) is 0.333. The molecule has 2 aliphatic carbocycles. The van der Waals surface area contributed by atoms with Gasteiger partial charge in [-0.15, -0.1) is 0 Å². The van der Waals surface area contributed by atoms with Crippen LogP contribution < -0.4 is 0 Å². The molecule has 0 aliphatic heterocycles. The van der Waals surface area contributed by atoms with Crippen LogP contribution in [0.5, 0.6) is 0 Å². The first kappa shape index (κ1) is 22.0. The summed E-state index contributed by atoms with van der Waals surface area (Å²) in [5.41, 5.74) is 0. The van der Waals surface area contributed by atoms with Crippen molar-refractivity contribution in [3.63, 3.8) is 0 Å². The standard InChI is InChI=1S/C14H14BrF11/c15-7-4(13(21,22)23)1-3(2-5(7)14(24,25)26)6-8(16)10(18)12(20)11(19)9(6)17/h3-12H,1-2H2. The van der Waals surface area contributed by atoms with Crippen molar-refractivity contribution in [2.75, 3.05) is 0 Å². The molecule has 0 aromatic heterocycles. The molecule has 2 fully saturated rings. The Hall–Kier alpha value is -0.290. The second-order valence-corrected chi connectivity index (χ2v) is 7.83. The van der Waals surface area contributed by atoms with Gasteiger partial charge in [-0.1, -0.05) is 15.9 Å². The van der Waals surface area contributed by atoms with Crippen molar-refractivity contribution in [1.82, 2.24) is 0 Å². The fourth-order valence-electron chi connectivity index (χ4n) is 3.88. The van der Waals surface area contributed by atoms with Gasteiger partial charge < -0.3 is 0 Å². The molecule has 2 saturated carbocycles. The third-order valence-corrected chi connectivity index (χ3v) is 6.50. The van der Waals surface area contributed by atoms with E-state index in [4.69, 9.17) is 0 Å². The molecule has 2 aliphatic rings. The summed E-state index contributed by atoms with van der Waals surface area (Å²) in [4.78, 5) is -2.10. The van der Waals surface area contributed by atoms with Gasteiger partial charge in [0.1, 0.15) is 12.3 Å². The molecule has 0 spiro atoms. The molecule has 0 bridgehead atoms. The zero-order valence-corrected chi connectivity index (χ0v) is 14.3. The lowest BCUT2D eigenvalue weighted by molar-refractivity contribution is -0.232. The Labute approximate surface area is 149 Å². The molecule has 0 amide bonds. The maximum Gasteiger partial charge on any atom is 0.392 e. The van der Waals surface area contributed by atoms with Crippen molar-refractivity contribution in [3.05, 3.63) is 0 Å². The van der Waals surface area contributed by atoms with Crippen LogP contribution in [0.4, 0.5) is 48.3 Å². The number of hydrogen-bond donors (Lipinski definition) is 0. The highest BCUT2D eigenvalue weighted by molar-refractivity contribution is 9.09. The molecule has 6 unspecified atom stereocenters. The van der Waals surface area contributed by atoms with Crippen molar-refractivity contribution in [3.8, 4) is 0 Å². The van der Waals surface area contributed by atoms with Crippen LogP contribution in [-0.2, 0) is 0 Å².